The second kappa shape index (κ2) is 3.30. The van der Waals surface area contributed by atoms with Gasteiger partial charge in [-0.25, -0.2) is 0 Å². The number of oxime groups is 1. The summed E-state index contributed by atoms with van der Waals surface area (Å²) >= 11 is 0. The molecular weight excluding hydrogens is 150 g/mol. The van der Waals surface area contributed by atoms with Gasteiger partial charge in [0.2, 0.25) is 0 Å². The van der Waals surface area contributed by atoms with Crippen molar-refractivity contribution >= 4 is 5.71 Å². The van der Waals surface area contributed by atoms with Crippen LogP contribution in [-0.2, 0) is 4.84 Å². The van der Waals surface area contributed by atoms with Crippen LogP contribution in [0.5, 0.6) is 0 Å². The molecule has 2 saturated carbocycles. The third-order valence-corrected chi connectivity index (χ3v) is 2.35. The van der Waals surface area contributed by atoms with Crippen molar-refractivity contribution in [2.45, 2.75) is 25.7 Å². The summed E-state index contributed by atoms with van der Waals surface area (Å²) < 4.78 is 0. The zero-order valence-electron chi connectivity index (χ0n) is 7.33. The van der Waals surface area contributed by atoms with Crippen LogP contribution in [0, 0.1) is 11.8 Å². The van der Waals surface area contributed by atoms with Crippen LogP contribution in [0.4, 0.5) is 0 Å². The molecule has 0 N–H and O–H groups in total. The predicted octanol–water partition coefficient (Wildman–Crippen LogP) is 2.37. The molecule has 0 bridgehead atoms. The fourth-order valence-electron chi connectivity index (χ4n) is 1.41. The van der Waals surface area contributed by atoms with Gasteiger partial charge in [0, 0.05) is 11.8 Å². The van der Waals surface area contributed by atoms with Crippen LogP contribution in [-0.4, -0.2) is 12.3 Å². The third-order valence-electron chi connectivity index (χ3n) is 2.35. The molecule has 0 aromatic carbocycles. The maximum Gasteiger partial charge on any atom is 0.135 e. The second-order valence-corrected chi connectivity index (χ2v) is 3.65. The topological polar surface area (TPSA) is 21.6 Å². The highest BCUT2D eigenvalue weighted by Gasteiger charge is 2.38. The Kier molecular flexibility index (Phi) is 2.15. The molecule has 0 amide bonds. The number of nitrogens with zero attached hydrogens (tertiary/aromatic N) is 1. The van der Waals surface area contributed by atoms with Gasteiger partial charge in [0.05, 0.1) is 5.71 Å². The van der Waals surface area contributed by atoms with Crippen molar-refractivity contribution in [2.75, 3.05) is 6.61 Å². The van der Waals surface area contributed by atoms with E-state index >= 15 is 0 Å². The van der Waals surface area contributed by atoms with Crippen molar-refractivity contribution in [2.24, 2.45) is 17.0 Å². The van der Waals surface area contributed by atoms with Gasteiger partial charge < -0.3 is 4.84 Å². The molecule has 0 aromatic rings. The Hall–Kier alpha value is -0.790. The molecule has 0 radical (unpaired) electrons. The maximum atomic E-state index is 5.12. The Bertz CT molecular complexity index is 188. The zero-order chi connectivity index (χ0) is 8.39. The van der Waals surface area contributed by atoms with Crippen molar-refractivity contribution < 1.29 is 4.84 Å². The molecular formula is C10H15NO. The van der Waals surface area contributed by atoms with E-state index in [1.165, 1.54) is 31.4 Å². The summed E-state index contributed by atoms with van der Waals surface area (Å²) in [6.07, 6.45) is 7.04. The van der Waals surface area contributed by atoms with Crippen molar-refractivity contribution in [1.29, 1.82) is 0 Å². The standard InChI is InChI=1S/C10H15NO/c1-2-7-12-11-10(8-3-4-8)9-5-6-9/h2,8-9H,1,3-7H2. The van der Waals surface area contributed by atoms with Gasteiger partial charge in [0.15, 0.2) is 0 Å². The Labute approximate surface area is 73.3 Å². The van der Waals surface area contributed by atoms with Gasteiger partial charge in [0.1, 0.15) is 6.61 Å². The van der Waals surface area contributed by atoms with Crippen LogP contribution >= 0.6 is 0 Å². The average molecular weight is 165 g/mol. The summed E-state index contributed by atoms with van der Waals surface area (Å²) in [7, 11) is 0. The van der Waals surface area contributed by atoms with Crippen molar-refractivity contribution in [3.8, 4) is 0 Å². The predicted molar refractivity (Wildman–Crippen MR) is 49.0 cm³/mol. The molecule has 2 heteroatoms. The molecule has 0 atom stereocenters. The molecule has 2 fully saturated rings. The maximum absolute atomic E-state index is 5.12. The first-order chi connectivity index (χ1) is 5.92. The average Bonchev–Trinajstić information content (AvgIpc) is 2.87. The van der Waals surface area contributed by atoms with Crippen LogP contribution in [0.1, 0.15) is 25.7 Å². The van der Waals surface area contributed by atoms with Gasteiger partial charge >= 0.3 is 0 Å². The largest absolute Gasteiger partial charge is 0.392 e. The molecule has 0 aliphatic heterocycles. The first-order valence-corrected chi connectivity index (χ1v) is 4.72. The van der Waals surface area contributed by atoms with Crippen LogP contribution in [0.3, 0.4) is 0 Å². The van der Waals surface area contributed by atoms with E-state index in [9.17, 15) is 0 Å². The fraction of sp³-hybridized carbons (Fsp3) is 0.700. The lowest BCUT2D eigenvalue weighted by molar-refractivity contribution is 0.172. The lowest BCUT2D eigenvalue weighted by Crippen LogP contribution is -2.04. The summed E-state index contributed by atoms with van der Waals surface area (Å²) in [6, 6.07) is 0. The minimum atomic E-state index is 0.545. The summed E-state index contributed by atoms with van der Waals surface area (Å²) in [5, 5.41) is 4.18. The second-order valence-electron chi connectivity index (χ2n) is 3.65. The van der Waals surface area contributed by atoms with Gasteiger partial charge in [-0.3, -0.25) is 0 Å². The van der Waals surface area contributed by atoms with E-state index in [4.69, 9.17) is 4.84 Å². The minimum absolute atomic E-state index is 0.545. The van der Waals surface area contributed by atoms with E-state index in [1.54, 1.807) is 6.08 Å². The Morgan fingerprint density at radius 1 is 1.33 bits per heavy atom. The fourth-order valence-corrected chi connectivity index (χ4v) is 1.41. The normalized spacial score (nSPS) is 21.7. The highest BCUT2D eigenvalue weighted by atomic mass is 16.6. The third kappa shape index (κ3) is 1.87. The van der Waals surface area contributed by atoms with Crippen LogP contribution in [0.25, 0.3) is 0 Å². The first-order valence-electron chi connectivity index (χ1n) is 4.72. The summed E-state index contributed by atoms with van der Waals surface area (Å²) in [5.74, 6) is 1.53. The Balaban J connectivity index is 1.85. The minimum Gasteiger partial charge on any atom is -0.392 e. The zero-order valence-corrected chi connectivity index (χ0v) is 7.33. The molecule has 2 aliphatic carbocycles. The lowest BCUT2D eigenvalue weighted by Gasteiger charge is -2.01. The van der Waals surface area contributed by atoms with Crippen molar-refractivity contribution in [3.05, 3.63) is 12.7 Å². The monoisotopic (exact) mass is 165 g/mol. The molecule has 0 aromatic heterocycles. The van der Waals surface area contributed by atoms with E-state index in [0.29, 0.717) is 6.61 Å². The molecule has 66 valence electrons. The molecule has 2 nitrogen and oxygen atoms in total. The summed E-state index contributed by atoms with van der Waals surface area (Å²) in [5.41, 5.74) is 1.33. The van der Waals surface area contributed by atoms with Gasteiger partial charge in [0.25, 0.3) is 0 Å². The smallest absolute Gasteiger partial charge is 0.135 e. The summed E-state index contributed by atoms with van der Waals surface area (Å²) in [6.45, 7) is 4.13. The van der Waals surface area contributed by atoms with Crippen LogP contribution in [0.15, 0.2) is 17.8 Å². The molecule has 0 heterocycles. The van der Waals surface area contributed by atoms with E-state index in [0.717, 1.165) is 11.8 Å². The molecule has 0 saturated heterocycles. The molecule has 0 unspecified atom stereocenters. The lowest BCUT2D eigenvalue weighted by atomic mass is 10.2. The van der Waals surface area contributed by atoms with E-state index in [2.05, 4.69) is 11.7 Å². The van der Waals surface area contributed by atoms with Crippen molar-refractivity contribution in [3.63, 3.8) is 0 Å². The van der Waals surface area contributed by atoms with Gasteiger partial charge in [-0.15, -0.1) is 0 Å². The molecule has 2 aliphatic rings. The highest BCUT2D eigenvalue weighted by Crippen LogP contribution is 2.42. The van der Waals surface area contributed by atoms with Gasteiger partial charge in [-0.05, 0) is 25.7 Å². The number of hydrogen-bond acceptors (Lipinski definition) is 2. The van der Waals surface area contributed by atoms with Gasteiger partial charge in [-0.1, -0.05) is 17.8 Å². The van der Waals surface area contributed by atoms with Gasteiger partial charge in [-0.2, -0.15) is 0 Å². The van der Waals surface area contributed by atoms with E-state index in [-0.39, 0.29) is 0 Å². The number of rotatable bonds is 5. The number of hydrogen-bond donors (Lipinski definition) is 0. The SMILES string of the molecule is C=CCON=C(C1CC1)C1CC1. The molecule has 2 rings (SSSR count). The highest BCUT2D eigenvalue weighted by molar-refractivity contribution is 5.92. The quantitative estimate of drug-likeness (QED) is 0.265. The van der Waals surface area contributed by atoms with Crippen LogP contribution in [0.2, 0.25) is 0 Å². The van der Waals surface area contributed by atoms with Crippen molar-refractivity contribution in [1.82, 2.24) is 0 Å². The van der Waals surface area contributed by atoms with E-state index in [1.807, 2.05) is 0 Å². The van der Waals surface area contributed by atoms with E-state index < -0.39 is 0 Å². The molecule has 12 heavy (non-hydrogen) atoms. The molecule has 0 spiro atoms. The Morgan fingerprint density at radius 2 is 1.92 bits per heavy atom. The Morgan fingerprint density at radius 3 is 2.33 bits per heavy atom. The summed E-state index contributed by atoms with van der Waals surface area (Å²) in [4.78, 5) is 5.12. The first kappa shape index (κ1) is 7.84. The van der Waals surface area contributed by atoms with Crippen LogP contribution < -0.4 is 0 Å².